The maximum Gasteiger partial charge on any atom is 0.323 e. The fourth-order valence-corrected chi connectivity index (χ4v) is 2.25. The van der Waals surface area contributed by atoms with E-state index in [4.69, 9.17) is 15.6 Å². The van der Waals surface area contributed by atoms with Crippen LogP contribution in [0.15, 0.2) is 18.2 Å². The van der Waals surface area contributed by atoms with Crippen LogP contribution < -0.4 is 10.5 Å². The average Bonchev–Trinajstić information content (AvgIpc) is 2.66. The molecule has 18 heavy (non-hydrogen) atoms. The number of ether oxygens (including phenoxy) is 1. The minimum atomic E-state index is -1.20. The van der Waals surface area contributed by atoms with Gasteiger partial charge in [0.25, 0.3) is 0 Å². The molecule has 98 valence electrons. The van der Waals surface area contributed by atoms with E-state index < -0.39 is 11.5 Å². The lowest BCUT2D eigenvalue weighted by Gasteiger charge is -2.19. The minimum absolute atomic E-state index is 0.227. The van der Waals surface area contributed by atoms with E-state index in [-0.39, 0.29) is 18.3 Å². The number of hydrogen-bond donors (Lipinski definition) is 2. The van der Waals surface area contributed by atoms with E-state index >= 15 is 0 Å². The second kappa shape index (κ2) is 4.57. The molecular formula is C13H16FNO3. The molecule has 2 atom stereocenters. The van der Waals surface area contributed by atoms with E-state index in [9.17, 15) is 9.18 Å². The molecule has 0 saturated heterocycles. The number of carboxylic acids is 1. The van der Waals surface area contributed by atoms with Gasteiger partial charge < -0.3 is 15.6 Å². The van der Waals surface area contributed by atoms with Crippen LogP contribution in [0.5, 0.6) is 5.75 Å². The SMILES string of the molecule is Cc1cc(F)ccc1OC1CCC(N)(C(=O)O)C1. The topological polar surface area (TPSA) is 72.5 Å². The van der Waals surface area contributed by atoms with Crippen LogP contribution in [-0.2, 0) is 4.79 Å². The molecule has 1 aromatic rings. The molecule has 4 nitrogen and oxygen atoms in total. The number of benzene rings is 1. The quantitative estimate of drug-likeness (QED) is 0.862. The summed E-state index contributed by atoms with van der Waals surface area (Å²) >= 11 is 0. The molecule has 0 heterocycles. The van der Waals surface area contributed by atoms with Crippen molar-refractivity contribution in [2.24, 2.45) is 5.73 Å². The van der Waals surface area contributed by atoms with Crippen LogP contribution in [0.25, 0.3) is 0 Å². The molecule has 0 bridgehead atoms. The van der Waals surface area contributed by atoms with Gasteiger partial charge in [0.1, 0.15) is 23.2 Å². The Balaban J connectivity index is 2.06. The number of rotatable bonds is 3. The third kappa shape index (κ3) is 2.46. The van der Waals surface area contributed by atoms with Gasteiger partial charge in [0.15, 0.2) is 0 Å². The highest BCUT2D eigenvalue weighted by Crippen LogP contribution is 2.32. The highest BCUT2D eigenvalue weighted by atomic mass is 19.1. The lowest BCUT2D eigenvalue weighted by molar-refractivity contribution is -0.143. The van der Waals surface area contributed by atoms with Crippen molar-refractivity contribution >= 4 is 5.97 Å². The Morgan fingerprint density at radius 1 is 1.61 bits per heavy atom. The summed E-state index contributed by atoms with van der Waals surface area (Å²) in [5.41, 5.74) is 5.27. The molecule has 0 aliphatic heterocycles. The Morgan fingerprint density at radius 2 is 2.33 bits per heavy atom. The third-order valence-electron chi connectivity index (χ3n) is 3.36. The maximum atomic E-state index is 12.9. The fraction of sp³-hybridized carbons (Fsp3) is 0.462. The van der Waals surface area contributed by atoms with Crippen molar-refractivity contribution in [2.75, 3.05) is 0 Å². The molecule has 0 amide bonds. The number of carbonyl (C=O) groups is 1. The van der Waals surface area contributed by atoms with Crippen molar-refractivity contribution in [3.05, 3.63) is 29.6 Å². The summed E-state index contributed by atoms with van der Waals surface area (Å²) < 4.78 is 18.6. The van der Waals surface area contributed by atoms with E-state index in [1.54, 1.807) is 13.0 Å². The Hall–Kier alpha value is -1.62. The number of nitrogens with two attached hydrogens (primary N) is 1. The van der Waals surface area contributed by atoms with E-state index in [0.717, 1.165) is 0 Å². The van der Waals surface area contributed by atoms with Crippen molar-refractivity contribution < 1.29 is 19.0 Å². The number of aryl methyl sites for hydroxylation is 1. The lowest BCUT2D eigenvalue weighted by Crippen LogP contribution is -2.46. The Bertz CT molecular complexity index is 477. The van der Waals surface area contributed by atoms with Gasteiger partial charge in [-0.1, -0.05) is 0 Å². The van der Waals surface area contributed by atoms with Gasteiger partial charge >= 0.3 is 5.97 Å². The first-order chi connectivity index (χ1) is 8.40. The largest absolute Gasteiger partial charge is 0.490 e. The molecule has 0 aromatic heterocycles. The van der Waals surface area contributed by atoms with Gasteiger partial charge in [-0.15, -0.1) is 0 Å². The zero-order chi connectivity index (χ0) is 13.3. The summed E-state index contributed by atoms with van der Waals surface area (Å²) in [6.07, 6.45) is 1.04. The molecule has 1 aliphatic carbocycles. The lowest BCUT2D eigenvalue weighted by atomic mass is 10.00. The van der Waals surface area contributed by atoms with Crippen molar-refractivity contribution in [3.63, 3.8) is 0 Å². The van der Waals surface area contributed by atoms with Crippen LogP contribution >= 0.6 is 0 Å². The predicted molar refractivity (Wildman–Crippen MR) is 64.0 cm³/mol. The third-order valence-corrected chi connectivity index (χ3v) is 3.36. The normalized spacial score (nSPS) is 27.2. The van der Waals surface area contributed by atoms with Gasteiger partial charge in [0, 0.05) is 6.42 Å². The fourth-order valence-electron chi connectivity index (χ4n) is 2.25. The molecule has 5 heteroatoms. The standard InChI is InChI=1S/C13H16FNO3/c1-8-6-9(14)2-3-11(8)18-10-4-5-13(15,7-10)12(16)17/h2-3,6,10H,4-5,7,15H2,1H3,(H,16,17). The highest BCUT2D eigenvalue weighted by molar-refractivity contribution is 5.79. The van der Waals surface area contributed by atoms with Gasteiger partial charge in [-0.05, 0) is 43.5 Å². The maximum absolute atomic E-state index is 12.9. The number of carboxylic acid groups (broad SMARTS) is 1. The first-order valence-electron chi connectivity index (χ1n) is 5.86. The number of hydrogen-bond acceptors (Lipinski definition) is 3. The van der Waals surface area contributed by atoms with Crippen molar-refractivity contribution in [2.45, 2.75) is 37.8 Å². The van der Waals surface area contributed by atoms with Crippen LogP contribution in [-0.4, -0.2) is 22.7 Å². The van der Waals surface area contributed by atoms with Crippen LogP contribution in [0.4, 0.5) is 4.39 Å². The van der Waals surface area contributed by atoms with Crippen molar-refractivity contribution in [3.8, 4) is 5.75 Å². The molecule has 1 saturated carbocycles. The summed E-state index contributed by atoms with van der Waals surface area (Å²) in [4.78, 5) is 11.0. The first-order valence-corrected chi connectivity index (χ1v) is 5.86. The van der Waals surface area contributed by atoms with Gasteiger partial charge in [-0.25, -0.2) is 4.39 Å². The molecule has 0 radical (unpaired) electrons. The molecule has 2 unspecified atom stereocenters. The summed E-state index contributed by atoms with van der Waals surface area (Å²) in [6.45, 7) is 1.75. The van der Waals surface area contributed by atoms with Crippen LogP contribution in [0.3, 0.4) is 0 Å². The first kappa shape index (κ1) is 12.8. The summed E-state index contributed by atoms with van der Waals surface area (Å²) in [5.74, 6) is -0.731. The smallest absolute Gasteiger partial charge is 0.323 e. The predicted octanol–water partition coefficient (Wildman–Crippen LogP) is 1.85. The van der Waals surface area contributed by atoms with E-state index in [1.807, 2.05) is 0 Å². The van der Waals surface area contributed by atoms with Crippen LogP contribution in [0.2, 0.25) is 0 Å². The number of aliphatic carboxylic acids is 1. The molecule has 0 spiro atoms. The Kier molecular flexibility index (Phi) is 3.26. The van der Waals surface area contributed by atoms with Gasteiger partial charge in [-0.3, -0.25) is 4.79 Å². The average molecular weight is 253 g/mol. The zero-order valence-corrected chi connectivity index (χ0v) is 10.1. The van der Waals surface area contributed by atoms with Crippen LogP contribution in [0.1, 0.15) is 24.8 Å². The number of halogens is 1. The summed E-state index contributed by atoms with van der Waals surface area (Å²) in [7, 11) is 0. The minimum Gasteiger partial charge on any atom is -0.490 e. The van der Waals surface area contributed by atoms with Crippen molar-refractivity contribution in [1.82, 2.24) is 0 Å². The van der Waals surface area contributed by atoms with E-state index in [1.165, 1.54) is 12.1 Å². The van der Waals surface area contributed by atoms with E-state index in [0.29, 0.717) is 24.2 Å². The Labute approximate surface area is 105 Å². The molecule has 1 aromatic carbocycles. The summed E-state index contributed by atoms with van der Waals surface area (Å²) in [6, 6.07) is 4.27. The summed E-state index contributed by atoms with van der Waals surface area (Å²) in [5, 5.41) is 9.02. The van der Waals surface area contributed by atoms with Gasteiger partial charge in [0.05, 0.1) is 0 Å². The monoisotopic (exact) mass is 253 g/mol. The second-order valence-corrected chi connectivity index (χ2v) is 4.85. The van der Waals surface area contributed by atoms with Gasteiger partial charge in [0.2, 0.25) is 0 Å². The van der Waals surface area contributed by atoms with Crippen molar-refractivity contribution in [1.29, 1.82) is 0 Å². The van der Waals surface area contributed by atoms with Gasteiger partial charge in [-0.2, -0.15) is 0 Å². The second-order valence-electron chi connectivity index (χ2n) is 4.85. The van der Waals surface area contributed by atoms with Crippen LogP contribution in [0, 0.1) is 12.7 Å². The molecule has 1 fully saturated rings. The van der Waals surface area contributed by atoms with E-state index in [2.05, 4.69) is 0 Å². The molecule has 2 rings (SSSR count). The molecule has 3 N–H and O–H groups in total. The molecule has 1 aliphatic rings. The Morgan fingerprint density at radius 3 is 2.89 bits per heavy atom. The zero-order valence-electron chi connectivity index (χ0n) is 10.1. The molecular weight excluding hydrogens is 237 g/mol. The highest BCUT2D eigenvalue weighted by Gasteiger charge is 2.43.